The molecule has 0 saturated heterocycles. The molecule has 0 radical (unpaired) electrons. The predicted octanol–water partition coefficient (Wildman–Crippen LogP) is 4.48. The van der Waals surface area contributed by atoms with Crippen molar-refractivity contribution in [2.45, 2.75) is 46.1 Å². The Labute approximate surface area is 196 Å². The summed E-state index contributed by atoms with van der Waals surface area (Å²) in [5, 5.41) is 24.4. The summed E-state index contributed by atoms with van der Waals surface area (Å²) in [5.41, 5.74) is 8.81. The van der Waals surface area contributed by atoms with Crippen molar-refractivity contribution in [3.8, 4) is 0 Å². The summed E-state index contributed by atoms with van der Waals surface area (Å²) in [4.78, 5) is 40.0. The zero-order chi connectivity index (χ0) is 25.5. The van der Waals surface area contributed by atoms with Gasteiger partial charge in [0.2, 0.25) is 0 Å². The normalized spacial score (nSPS) is 14.1. The van der Waals surface area contributed by atoms with Gasteiger partial charge in [0.05, 0.1) is 35.0 Å². The lowest BCUT2D eigenvalue weighted by Gasteiger charge is -2.36. The molecule has 2 rings (SSSR count). The number of rotatable bonds is 10. The van der Waals surface area contributed by atoms with Gasteiger partial charge in [-0.2, -0.15) is 0 Å². The maximum Gasteiger partial charge on any atom is 0.336 e. The Morgan fingerprint density at radius 2 is 1.88 bits per heavy atom. The summed E-state index contributed by atoms with van der Waals surface area (Å²) < 4.78 is 11.2. The molecule has 0 atom stereocenters. The van der Waals surface area contributed by atoms with E-state index in [1.807, 2.05) is 0 Å². The highest BCUT2D eigenvalue weighted by atomic mass is 16.6. The Morgan fingerprint density at radius 3 is 2.38 bits per heavy atom. The summed E-state index contributed by atoms with van der Waals surface area (Å²) in [6.07, 6.45) is 0.133. The van der Waals surface area contributed by atoms with Gasteiger partial charge in [-0.1, -0.05) is 12.0 Å². The van der Waals surface area contributed by atoms with E-state index in [0.29, 0.717) is 23.5 Å². The molecule has 1 N–H and O–H groups in total. The molecule has 1 aliphatic rings. The number of nitro groups is 1. The Kier molecular flexibility index (Phi) is 8.76. The standard InChI is InChI=1S/C22H27N5O7/c1-5-18-16(20(28)29)12-17(21(30)34-22(2,3)4)19(13-33-11-10-24-25-23)26(18)14-6-8-15(9-7-14)27(31)32/h6-9H,5,10-13H2,1-4H3,(H,28,29). The number of carboxylic acid groups (broad SMARTS) is 1. The van der Waals surface area contributed by atoms with Gasteiger partial charge in [0.1, 0.15) is 5.60 Å². The third kappa shape index (κ3) is 6.56. The molecule has 0 spiro atoms. The second kappa shape index (κ2) is 11.3. The fourth-order valence-corrected chi connectivity index (χ4v) is 3.42. The summed E-state index contributed by atoms with van der Waals surface area (Å²) in [6.45, 7) is 6.90. The Hall–Kier alpha value is -3.89. The fourth-order valence-electron chi connectivity index (χ4n) is 3.42. The second-order valence-corrected chi connectivity index (χ2v) is 8.30. The number of hydrogen-bond donors (Lipinski definition) is 1. The molecule has 0 aromatic heterocycles. The highest BCUT2D eigenvalue weighted by Crippen LogP contribution is 2.38. The molecule has 0 amide bonds. The average molecular weight is 473 g/mol. The van der Waals surface area contributed by atoms with Gasteiger partial charge in [-0.25, -0.2) is 9.59 Å². The number of anilines is 1. The molecular formula is C22H27N5O7. The lowest BCUT2D eigenvalue weighted by Crippen LogP contribution is -2.36. The summed E-state index contributed by atoms with van der Waals surface area (Å²) >= 11 is 0. The molecule has 0 unspecified atom stereocenters. The number of carbonyl (C=O) groups excluding carboxylic acids is 1. The van der Waals surface area contributed by atoms with Gasteiger partial charge < -0.3 is 19.5 Å². The average Bonchev–Trinajstić information content (AvgIpc) is 2.76. The van der Waals surface area contributed by atoms with E-state index in [0.717, 1.165) is 0 Å². The summed E-state index contributed by atoms with van der Waals surface area (Å²) in [6, 6.07) is 5.55. The Bertz CT molecular complexity index is 1060. The van der Waals surface area contributed by atoms with Gasteiger partial charge in [-0.3, -0.25) is 10.1 Å². The topological polar surface area (TPSA) is 168 Å². The van der Waals surface area contributed by atoms with Gasteiger partial charge in [-0.05, 0) is 44.9 Å². The van der Waals surface area contributed by atoms with Crippen molar-refractivity contribution in [2.24, 2.45) is 5.11 Å². The Balaban J connectivity index is 2.65. The number of aliphatic carboxylic acids is 1. The van der Waals surface area contributed by atoms with Crippen molar-refractivity contribution >= 4 is 23.3 Å². The van der Waals surface area contributed by atoms with Crippen LogP contribution < -0.4 is 4.90 Å². The van der Waals surface area contributed by atoms with Gasteiger partial charge in [-0.15, -0.1) is 0 Å². The molecule has 0 bridgehead atoms. The van der Waals surface area contributed by atoms with Crippen molar-refractivity contribution in [1.82, 2.24) is 0 Å². The number of allylic oxidation sites excluding steroid dienone is 1. The van der Waals surface area contributed by atoms with E-state index >= 15 is 0 Å². The molecule has 12 nitrogen and oxygen atoms in total. The second-order valence-electron chi connectivity index (χ2n) is 8.30. The first-order chi connectivity index (χ1) is 16.0. The number of carbonyl (C=O) groups is 2. The monoisotopic (exact) mass is 473 g/mol. The highest BCUT2D eigenvalue weighted by Gasteiger charge is 2.35. The number of ether oxygens (including phenoxy) is 2. The molecule has 1 heterocycles. The zero-order valence-corrected chi connectivity index (χ0v) is 19.5. The lowest BCUT2D eigenvalue weighted by atomic mass is 9.93. The summed E-state index contributed by atoms with van der Waals surface area (Å²) in [7, 11) is 0. The number of nitro benzene ring substituents is 1. The molecule has 0 aliphatic carbocycles. The molecule has 0 saturated carbocycles. The smallest absolute Gasteiger partial charge is 0.336 e. The first-order valence-corrected chi connectivity index (χ1v) is 10.5. The minimum Gasteiger partial charge on any atom is -0.478 e. The van der Waals surface area contributed by atoms with E-state index in [1.54, 1.807) is 32.6 Å². The van der Waals surface area contributed by atoms with E-state index in [1.165, 1.54) is 24.3 Å². The van der Waals surface area contributed by atoms with Crippen molar-refractivity contribution in [3.63, 3.8) is 0 Å². The van der Waals surface area contributed by atoms with E-state index < -0.39 is 22.5 Å². The van der Waals surface area contributed by atoms with Crippen LogP contribution in [0.25, 0.3) is 10.4 Å². The summed E-state index contributed by atoms with van der Waals surface area (Å²) in [5.74, 6) is -1.88. The molecule has 1 aromatic carbocycles. The maximum atomic E-state index is 13.1. The first-order valence-electron chi connectivity index (χ1n) is 10.5. The van der Waals surface area contributed by atoms with Crippen molar-refractivity contribution in [1.29, 1.82) is 0 Å². The molecule has 182 valence electrons. The number of azide groups is 1. The molecule has 1 aromatic rings. The van der Waals surface area contributed by atoms with Crippen LogP contribution in [0.15, 0.2) is 51.9 Å². The van der Waals surface area contributed by atoms with Crippen molar-refractivity contribution in [3.05, 3.63) is 67.4 Å². The third-order valence-electron chi connectivity index (χ3n) is 4.78. The number of carboxylic acids is 1. The maximum absolute atomic E-state index is 13.1. The molecular weight excluding hydrogens is 446 g/mol. The van der Waals surface area contributed by atoms with Crippen LogP contribution in [0.4, 0.5) is 11.4 Å². The fraction of sp³-hybridized carbons (Fsp3) is 0.455. The van der Waals surface area contributed by atoms with E-state index in [4.69, 9.17) is 15.0 Å². The minimum absolute atomic E-state index is 0.0135. The van der Waals surface area contributed by atoms with Crippen LogP contribution in [-0.4, -0.2) is 47.3 Å². The van der Waals surface area contributed by atoms with E-state index in [9.17, 15) is 24.8 Å². The zero-order valence-electron chi connectivity index (χ0n) is 19.5. The highest BCUT2D eigenvalue weighted by molar-refractivity contribution is 5.98. The van der Waals surface area contributed by atoms with Gasteiger partial charge in [0, 0.05) is 41.4 Å². The van der Waals surface area contributed by atoms with Crippen LogP contribution in [0.2, 0.25) is 0 Å². The molecule has 34 heavy (non-hydrogen) atoms. The Morgan fingerprint density at radius 1 is 1.24 bits per heavy atom. The van der Waals surface area contributed by atoms with Crippen LogP contribution in [-0.2, 0) is 19.1 Å². The van der Waals surface area contributed by atoms with Crippen LogP contribution in [0.3, 0.4) is 0 Å². The lowest BCUT2D eigenvalue weighted by molar-refractivity contribution is -0.384. The SMILES string of the molecule is CCC1=C(C(=O)O)CC(C(=O)OC(C)(C)C)=C(COCCN=[N+]=[N-])N1c1ccc([N+](=O)[O-])cc1. The van der Waals surface area contributed by atoms with E-state index in [2.05, 4.69) is 10.0 Å². The minimum atomic E-state index is -1.19. The predicted molar refractivity (Wildman–Crippen MR) is 123 cm³/mol. The van der Waals surface area contributed by atoms with Crippen LogP contribution in [0.5, 0.6) is 0 Å². The van der Waals surface area contributed by atoms with Gasteiger partial charge >= 0.3 is 11.9 Å². The number of non-ortho nitro benzene ring substituents is 1. The molecule has 0 fully saturated rings. The van der Waals surface area contributed by atoms with Crippen LogP contribution in [0, 0.1) is 10.1 Å². The third-order valence-corrected chi connectivity index (χ3v) is 4.78. The number of nitrogens with zero attached hydrogens (tertiary/aromatic N) is 5. The largest absolute Gasteiger partial charge is 0.478 e. The van der Waals surface area contributed by atoms with E-state index in [-0.39, 0.29) is 43.0 Å². The number of benzene rings is 1. The quantitative estimate of drug-likeness (QED) is 0.0986. The van der Waals surface area contributed by atoms with Crippen molar-refractivity contribution in [2.75, 3.05) is 24.7 Å². The first kappa shape index (κ1) is 26.4. The van der Waals surface area contributed by atoms with Gasteiger partial charge in [0.15, 0.2) is 0 Å². The van der Waals surface area contributed by atoms with Gasteiger partial charge in [0.25, 0.3) is 5.69 Å². The van der Waals surface area contributed by atoms with Crippen molar-refractivity contribution < 1.29 is 29.1 Å². The molecule has 12 heteroatoms. The molecule has 1 aliphatic heterocycles. The van der Waals surface area contributed by atoms with Crippen LogP contribution in [0.1, 0.15) is 40.5 Å². The number of hydrogen-bond acceptors (Lipinski definition) is 8. The van der Waals surface area contributed by atoms with Crippen LogP contribution >= 0.6 is 0 Å². The number of esters is 1.